The number of piperidine rings is 1. The van der Waals surface area contributed by atoms with Gasteiger partial charge in [-0.05, 0) is 25.7 Å². The Morgan fingerprint density at radius 1 is 1.23 bits per heavy atom. The summed E-state index contributed by atoms with van der Waals surface area (Å²) in [6.07, 6.45) is 6.72. The number of carbonyl (C=O) groups excluding carboxylic acids is 1. The molecule has 6 nitrogen and oxygen atoms in total. The van der Waals surface area contributed by atoms with Gasteiger partial charge in [0.1, 0.15) is 11.4 Å². The van der Waals surface area contributed by atoms with Gasteiger partial charge < -0.3 is 5.32 Å². The first-order chi connectivity index (χ1) is 10.5. The highest BCUT2D eigenvalue weighted by atomic mass is 32.2. The van der Waals surface area contributed by atoms with Crippen LogP contribution in [-0.2, 0) is 14.8 Å². The molecule has 2 aliphatic heterocycles. The fourth-order valence-corrected chi connectivity index (χ4v) is 4.57. The minimum absolute atomic E-state index is 0.0521. The molecule has 3 rings (SSSR count). The maximum absolute atomic E-state index is 12.4. The van der Waals surface area contributed by atoms with Crippen molar-refractivity contribution in [3.63, 3.8) is 0 Å². The quantitative estimate of drug-likeness (QED) is 0.852. The monoisotopic (exact) mass is 325 g/mol. The molecule has 1 spiro atoms. The number of carbonyl (C=O) groups is 1. The zero-order valence-electron chi connectivity index (χ0n) is 12.8. The van der Waals surface area contributed by atoms with Crippen molar-refractivity contribution in [3.05, 3.63) is 12.0 Å². The molecule has 1 saturated carbocycles. The summed E-state index contributed by atoms with van der Waals surface area (Å²) in [6.45, 7) is 3.99. The number of rotatable bonds is 3. The van der Waals surface area contributed by atoms with Gasteiger partial charge in [0.25, 0.3) is 5.91 Å². The third-order valence-electron chi connectivity index (χ3n) is 5.11. The van der Waals surface area contributed by atoms with Crippen molar-refractivity contribution in [2.45, 2.75) is 50.5 Å². The van der Waals surface area contributed by atoms with Crippen LogP contribution in [0.3, 0.4) is 0 Å². The van der Waals surface area contributed by atoms with E-state index in [-0.39, 0.29) is 5.91 Å². The zero-order chi connectivity index (χ0) is 15.8. The molecule has 2 heterocycles. The van der Waals surface area contributed by atoms with Gasteiger partial charge in [0.2, 0.25) is 10.0 Å². The molecular weight excluding hydrogens is 302 g/mol. The SMILES string of the molecule is C=CS(=O)(=O)N1CCC2(CC1)N=C(C1CCCCC1)NC2=O. The largest absolute Gasteiger partial charge is 0.312 e. The first-order valence-corrected chi connectivity index (χ1v) is 9.51. The van der Waals surface area contributed by atoms with Crippen LogP contribution in [0.5, 0.6) is 0 Å². The van der Waals surface area contributed by atoms with E-state index in [1.807, 2.05) is 0 Å². The van der Waals surface area contributed by atoms with E-state index in [1.165, 1.54) is 23.6 Å². The number of aliphatic imine (C=N–C) groups is 1. The van der Waals surface area contributed by atoms with Gasteiger partial charge in [0, 0.05) is 24.4 Å². The summed E-state index contributed by atoms with van der Waals surface area (Å²) in [4.78, 5) is 17.2. The van der Waals surface area contributed by atoms with Crippen molar-refractivity contribution in [2.24, 2.45) is 10.9 Å². The van der Waals surface area contributed by atoms with E-state index in [4.69, 9.17) is 4.99 Å². The van der Waals surface area contributed by atoms with E-state index in [0.29, 0.717) is 31.8 Å². The van der Waals surface area contributed by atoms with E-state index in [9.17, 15) is 13.2 Å². The minimum atomic E-state index is -3.40. The molecule has 1 aliphatic carbocycles. The van der Waals surface area contributed by atoms with Gasteiger partial charge in [-0.2, -0.15) is 4.31 Å². The number of hydrogen-bond acceptors (Lipinski definition) is 4. The van der Waals surface area contributed by atoms with Crippen molar-refractivity contribution in [1.82, 2.24) is 9.62 Å². The molecule has 122 valence electrons. The van der Waals surface area contributed by atoms with Gasteiger partial charge in [0.15, 0.2) is 0 Å². The standard InChI is InChI=1S/C15H23N3O3S/c1-2-22(20,21)18-10-8-15(9-11-18)14(19)16-13(17-15)12-6-4-3-5-7-12/h2,12H,1,3-11H2,(H,16,17,19). The lowest BCUT2D eigenvalue weighted by Crippen LogP contribution is -2.50. The summed E-state index contributed by atoms with van der Waals surface area (Å²) in [7, 11) is -3.40. The van der Waals surface area contributed by atoms with Gasteiger partial charge in [-0.1, -0.05) is 25.8 Å². The third kappa shape index (κ3) is 2.72. The van der Waals surface area contributed by atoms with Gasteiger partial charge in [-0.3, -0.25) is 9.79 Å². The van der Waals surface area contributed by atoms with Gasteiger partial charge in [-0.15, -0.1) is 0 Å². The maximum atomic E-state index is 12.4. The van der Waals surface area contributed by atoms with Crippen LogP contribution in [0.4, 0.5) is 0 Å². The normalized spacial score (nSPS) is 26.7. The second-order valence-corrected chi connectivity index (χ2v) is 8.31. The molecule has 0 bridgehead atoms. The molecular formula is C15H23N3O3S. The molecule has 0 radical (unpaired) electrons. The Labute approximate surface area is 131 Å². The van der Waals surface area contributed by atoms with E-state index in [1.54, 1.807) is 0 Å². The molecule has 3 aliphatic rings. The average molecular weight is 325 g/mol. The Kier molecular flexibility index (Phi) is 4.11. The summed E-state index contributed by atoms with van der Waals surface area (Å²) in [6, 6.07) is 0. The van der Waals surface area contributed by atoms with Gasteiger partial charge in [-0.25, -0.2) is 8.42 Å². The first kappa shape index (κ1) is 15.7. The van der Waals surface area contributed by atoms with Crippen LogP contribution in [0.1, 0.15) is 44.9 Å². The highest BCUT2D eigenvalue weighted by molar-refractivity contribution is 7.92. The second-order valence-electron chi connectivity index (χ2n) is 6.43. The Balaban J connectivity index is 1.73. The van der Waals surface area contributed by atoms with Crippen molar-refractivity contribution >= 4 is 21.8 Å². The van der Waals surface area contributed by atoms with Crippen molar-refractivity contribution in [2.75, 3.05) is 13.1 Å². The number of sulfonamides is 1. The summed E-state index contributed by atoms with van der Waals surface area (Å²) in [5, 5.41) is 3.94. The lowest BCUT2D eigenvalue weighted by Gasteiger charge is -2.34. The fourth-order valence-electron chi connectivity index (χ4n) is 3.67. The molecule has 0 atom stereocenters. The van der Waals surface area contributed by atoms with E-state index < -0.39 is 15.6 Å². The summed E-state index contributed by atoms with van der Waals surface area (Å²) in [5.41, 5.74) is -0.750. The van der Waals surface area contributed by atoms with Gasteiger partial charge in [0.05, 0.1) is 0 Å². The lowest BCUT2D eigenvalue weighted by atomic mass is 9.88. The van der Waals surface area contributed by atoms with E-state index >= 15 is 0 Å². The Morgan fingerprint density at radius 3 is 2.45 bits per heavy atom. The predicted octanol–water partition coefficient (Wildman–Crippen LogP) is 1.40. The maximum Gasteiger partial charge on any atom is 0.253 e. The van der Waals surface area contributed by atoms with Crippen molar-refractivity contribution < 1.29 is 13.2 Å². The number of amides is 1. The van der Waals surface area contributed by atoms with Gasteiger partial charge >= 0.3 is 0 Å². The van der Waals surface area contributed by atoms with Crippen LogP contribution < -0.4 is 5.32 Å². The lowest BCUT2D eigenvalue weighted by molar-refractivity contribution is -0.124. The van der Waals surface area contributed by atoms with E-state index in [2.05, 4.69) is 11.9 Å². The van der Waals surface area contributed by atoms with Crippen molar-refractivity contribution in [1.29, 1.82) is 0 Å². The Hall–Kier alpha value is -1.21. The van der Waals surface area contributed by atoms with Crippen LogP contribution in [0.15, 0.2) is 17.0 Å². The molecule has 2 fully saturated rings. The average Bonchev–Trinajstić information content (AvgIpc) is 2.85. The highest BCUT2D eigenvalue weighted by Gasteiger charge is 2.48. The third-order valence-corrected chi connectivity index (χ3v) is 6.62. The van der Waals surface area contributed by atoms with E-state index in [0.717, 1.165) is 24.1 Å². The number of nitrogens with one attached hydrogen (secondary N) is 1. The molecule has 0 aromatic rings. The fraction of sp³-hybridized carbons (Fsp3) is 0.733. The molecule has 7 heteroatoms. The second kappa shape index (κ2) is 5.77. The number of nitrogens with zero attached hydrogens (tertiary/aromatic N) is 2. The number of hydrogen-bond donors (Lipinski definition) is 1. The molecule has 0 aromatic heterocycles. The molecule has 1 amide bonds. The Morgan fingerprint density at radius 2 is 1.86 bits per heavy atom. The van der Waals surface area contributed by atoms with Crippen LogP contribution in [0.25, 0.3) is 0 Å². The molecule has 0 unspecified atom stereocenters. The summed E-state index contributed by atoms with van der Waals surface area (Å²) < 4.78 is 25.0. The summed E-state index contributed by atoms with van der Waals surface area (Å²) >= 11 is 0. The first-order valence-electron chi connectivity index (χ1n) is 8.01. The Bertz CT molecular complexity index is 598. The zero-order valence-corrected chi connectivity index (χ0v) is 13.6. The van der Waals surface area contributed by atoms with Crippen molar-refractivity contribution in [3.8, 4) is 0 Å². The van der Waals surface area contributed by atoms with Crippen LogP contribution in [0.2, 0.25) is 0 Å². The van der Waals surface area contributed by atoms with Crippen LogP contribution >= 0.6 is 0 Å². The number of amidine groups is 1. The summed E-state index contributed by atoms with van der Waals surface area (Å²) in [5.74, 6) is 1.15. The molecule has 1 N–H and O–H groups in total. The molecule has 0 aromatic carbocycles. The molecule has 22 heavy (non-hydrogen) atoms. The highest BCUT2D eigenvalue weighted by Crippen LogP contribution is 2.34. The topological polar surface area (TPSA) is 78.8 Å². The van der Waals surface area contributed by atoms with Crippen LogP contribution in [-0.4, -0.2) is 43.1 Å². The smallest absolute Gasteiger partial charge is 0.253 e. The minimum Gasteiger partial charge on any atom is -0.312 e. The van der Waals surface area contributed by atoms with Crippen LogP contribution in [0, 0.1) is 5.92 Å². The molecule has 1 saturated heterocycles. The predicted molar refractivity (Wildman–Crippen MR) is 84.8 cm³/mol.